The van der Waals surface area contributed by atoms with Crippen LogP contribution in [0.2, 0.25) is 0 Å². The van der Waals surface area contributed by atoms with Gasteiger partial charge in [-0.15, -0.1) is 0 Å². The van der Waals surface area contributed by atoms with Crippen LogP contribution in [0.15, 0.2) is 54.1 Å². The highest BCUT2D eigenvalue weighted by Crippen LogP contribution is 2.08. The minimum atomic E-state index is -0.0707. The molecule has 0 fully saturated rings. The van der Waals surface area contributed by atoms with E-state index in [1.54, 1.807) is 12.1 Å². The minimum Gasteiger partial charge on any atom is -0.268 e. The Bertz CT molecular complexity index is 623. The summed E-state index contributed by atoms with van der Waals surface area (Å²) in [4.78, 5) is 16.4. The highest BCUT2D eigenvalue weighted by atomic mass is 16.1. The van der Waals surface area contributed by atoms with Crippen molar-refractivity contribution >= 4 is 16.6 Å². The van der Waals surface area contributed by atoms with Crippen molar-refractivity contribution in [2.24, 2.45) is 0 Å². The van der Waals surface area contributed by atoms with Crippen molar-refractivity contribution in [3.8, 4) is 0 Å². The molecule has 3 nitrogen and oxygen atoms in total. The highest BCUT2D eigenvalue weighted by Gasteiger charge is 2.04. The maximum absolute atomic E-state index is 12.1. The molecule has 0 aliphatic carbocycles. The third-order valence-electron chi connectivity index (χ3n) is 2.45. The molecule has 0 aliphatic rings. The van der Waals surface area contributed by atoms with Crippen LogP contribution in [-0.4, -0.2) is 9.55 Å². The summed E-state index contributed by atoms with van der Waals surface area (Å²) >= 11 is 0. The normalized spacial score (nSPS) is 11.7. The van der Waals surface area contributed by atoms with E-state index in [0.29, 0.717) is 10.9 Å². The summed E-state index contributed by atoms with van der Waals surface area (Å²) in [5.74, 6) is 0. The minimum absolute atomic E-state index is 0.0707. The van der Waals surface area contributed by atoms with E-state index < -0.39 is 0 Å². The van der Waals surface area contributed by atoms with Crippen LogP contribution in [0, 0.1) is 0 Å². The predicted molar refractivity (Wildman–Crippen MR) is 66.1 cm³/mol. The number of rotatable bonds is 2. The molecule has 0 bridgehead atoms. The summed E-state index contributed by atoms with van der Waals surface area (Å²) in [6.45, 7) is 5.53. The molecule has 1 aromatic heterocycles. The number of para-hydroxylation sites is 1. The van der Waals surface area contributed by atoms with Crippen LogP contribution in [0.4, 0.5) is 0 Å². The second kappa shape index (κ2) is 4.14. The molecule has 0 radical (unpaired) electrons. The summed E-state index contributed by atoms with van der Waals surface area (Å²) in [5, 5.41) is 0.617. The molecule has 0 atom stereocenters. The fraction of sp³-hybridized carbons (Fsp3) is 0.0769. The van der Waals surface area contributed by atoms with Gasteiger partial charge in [-0.2, -0.15) is 0 Å². The quantitative estimate of drug-likeness (QED) is 0.717. The Morgan fingerprint density at radius 1 is 1.44 bits per heavy atom. The fourth-order valence-corrected chi connectivity index (χ4v) is 1.61. The molecule has 80 valence electrons. The maximum atomic E-state index is 12.1. The van der Waals surface area contributed by atoms with Gasteiger partial charge in [0.15, 0.2) is 0 Å². The van der Waals surface area contributed by atoms with Crippen LogP contribution in [0.25, 0.3) is 16.6 Å². The van der Waals surface area contributed by atoms with E-state index in [9.17, 15) is 4.79 Å². The van der Waals surface area contributed by atoms with Gasteiger partial charge in [0.25, 0.3) is 5.56 Å². The lowest BCUT2D eigenvalue weighted by Gasteiger charge is -2.06. The lowest BCUT2D eigenvalue weighted by Crippen LogP contribution is -2.19. The number of hydrogen-bond donors (Lipinski definition) is 0. The average molecular weight is 212 g/mol. The first-order valence-corrected chi connectivity index (χ1v) is 5.03. The largest absolute Gasteiger partial charge is 0.268 e. The van der Waals surface area contributed by atoms with Gasteiger partial charge in [-0.1, -0.05) is 24.8 Å². The molecule has 0 spiro atoms. The summed E-state index contributed by atoms with van der Waals surface area (Å²) in [7, 11) is 0. The summed E-state index contributed by atoms with van der Waals surface area (Å²) in [6.07, 6.45) is 4.99. The average Bonchev–Trinajstić information content (AvgIpc) is 2.34. The second-order valence-corrected chi connectivity index (χ2v) is 3.35. The van der Waals surface area contributed by atoms with Crippen molar-refractivity contribution in [3.63, 3.8) is 0 Å². The first-order chi connectivity index (χ1) is 7.77. The fourth-order valence-electron chi connectivity index (χ4n) is 1.61. The van der Waals surface area contributed by atoms with Crippen molar-refractivity contribution in [1.82, 2.24) is 9.55 Å². The zero-order valence-electron chi connectivity index (χ0n) is 9.05. The van der Waals surface area contributed by atoms with E-state index in [2.05, 4.69) is 11.6 Å². The Balaban J connectivity index is 2.80. The second-order valence-electron chi connectivity index (χ2n) is 3.35. The van der Waals surface area contributed by atoms with Crippen LogP contribution >= 0.6 is 0 Å². The smallest absolute Gasteiger partial charge is 0.265 e. The molecule has 1 heterocycles. The number of hydrogen-bond acceptors (Lipinski definition) is 2. The van der Waals surface area contributed by atoms with Gasteiger partial charge < -0.3 is 0 Å². The molecule has 2 aromatic rings. The molecule has 16 heavy (non-hydrogen) atoms. The van der Waals surface area contributed by atoms with Gasteiger partial charge in [-0.25, -0.2) is 4.98 Å². The number of nitrogens with zero attached hydrogens (tertiary/aromatic N) is 2. The Morgan fingerprint density at radius 2 is 2.19 bits per heavy atom. The van der Waals surface area contributed by atoms with E-state index >= 15 is 0 Å². The molecule has 3 heteroatoms. The number of allylic oxidation sites excluding steroid dienone is 3. The SMILES string of the molecule is C=C/C(=C\C)n1cnc2ccccc2c1=O. The Labute approximate surface area is 93.4 Å². The highest BCUT2D eigenvalue weighted by molar-refractivity contribution is 5.78. The number of benzene rings is 1. The van der Waals surface area contributed by atoms with Gasteiger partial charge in [0.05, 0.1) is 10.9 Å². The third-order valence-corrected chi connectivity index (χ3v) is 2.45. The van der Waals surface area contributed by atoms with Crippen molar-refractivity contribution < 1.29 is 0 Å². The number of fused-ring (bicyclic) bond motifs is 1. The maximum Gasteiger partial charge on any atom is 0.265 e. The first-order valence-electron chi connectivity index (χ1n) is 5.03. The van der Waals surface area contributed by atoms with Crippen molar-refractivity contribution in [3.05, 3.63) is 59.7 Å². The molecule has 0 N–H and O–H groups in total. The zero-order chi connectivity index (χ0) is 11.5. The van der Waals surface area contributed by atoms with Crippen LogP contribution in [0.1, 0.15) is 6.92 Å². The van der Waals surface area contributed by atoms with Crippen LogP contribution in [-0.2, 0) is 0 Å². The standard InChI is InChI=1S/C13H12N2O/c1-3-10(4-2)15-9-14-12-8-6-5-7-11(12)13(15)16/h3-9H,1H2,2H3/b10-4+. The van der Waals surface area contributed by atoms with Crippen molar-refractivity contribution in [2.75, 3.05) is 0 Å². The van der Waals surface area contributed by atoms with E-state index in [0.717, 1.165) is 5.70 Å². The lowest BCUT2D eigenvalue weighted by molar-refractivity contribution is 0.994. The van der Waals surface area contributed by atoms with Gasteiger partial charge in [0, 0.05) is 5.70 Å². The molecule has 0 aliphatic heterocycles. The van der Waals surface area contributed by atoms with E-state index in [4.69, 9.17) is 0 Å². The molecule has 2 rings (SSSR count). The Morgan fingerprint density at radius 3 is 2.88 bits per heavy atom. The van der Waals surface area contributed by atoms with Crippen LogP contribution in [0.3, 0.4) is 0 Å². The molecule has 0 saturated carbocycles. The topological polar surface area (TPSA) is 34.9 Å². The summed E-state index contributed by atoms with van der Waals surface area (Å²) in [6, 6.07) is 7.30. The van der Waals surface area contributed by atoms with E-state index in [-0.39, 0.29) is 5.56 Å². The first kappa shape index (κ1) is 10.4. The van der Waals surface area contributed by atoms with E-state index in [1.807, 2.05) is 31.2 Å². The van der Waals surface area contributed by atoms with Crippen molar-refractivity contribution in [2.45, 2.75) is 6.92 Å². The monoisotopic (exact) mass is 212 g/mol. The molecule has 0 amide bonds. The van der Waals surface area contributed by atoms with Crippen LogP contribution < -0.4 is 5.56 Å². The molecular formula is C13H12N2O. The van der Waals surface area contributed by atoms with Gasteiger partial charge in [-0.05, 0) is 25.1 Å². The Kier molecular flexibility index (Phi) is 2.68. The van der Waals surface area contributed by atoms with Gasteiger partial charge >= 0.3 is 0 Å². The molecule has 0 unspecified atom stereocenters. The van der Waals surface area contributed by atoms with E-state index in [1.165, 1.54) is 10.9 Å². The van der Waals surface area contributed by atoms with Gasteiger partial charge in [0.1, 0.15) is 6.33 Å². The molecular weight excluding hydrogens is 200 g/mol. The van der Waals surface area contributed by atoms with Gasteiger partial charge in [-0.3, -0.25) is 9.36 Å². The van der Waals surface area contributed by atoms with Gasteiger partial charge in [0.2, 0.25) is 0 Å². The summed E-state index contributed by atoms with van der Waals surface area (Å²) in [5.41, 5.74) is 1.38. The zero-order valence-corrected chi connectivity index (χ0v) is 9.05. The Hall–Kier alpha value is -2.16. The predicted octanol–water partition coefficient (Wildman–Crippen LogP) is 2.44. The summed E-state index contributed by atoms with van der Waals surface area (Å²) < 4.78 is 1.50. The molecule has 1 aromatic carbocycles. The third kappa shape index (κ3) is 1.56. The molecule has 0 saturated heterocycles. The lowest BCUT2D eigenvalue weighted by atomic mass is 10.2. The number of aromatic nitrogens is 2. The van der Waals surface area contributed by atoms with Crippen molar-refractivity contribution in [1.29, 1.82) is 0 Å². The van der Waals surface area contributed by atoms with Crippen LogP contribution in [0.5, 0.6) is 0 Å².